The summed E-state index contributed by atoms with van der Waals surface area (Å²) in [5.41, 5.74) is 1.74. The Kier molecular flexibility index (Phi) is 4.90. The number of non-ortho nitro benzene ring substituents is 1. The van der Waals surface area contributed by atoms with E-state index in [1.54, 1.807) is 24.3 Å². The van der Waals surface area contributed by atoms with Crippen LogP contribution in [0.4, 0.5) is 5.69 Å². The maximum atomic E-state index is 12.2. The van der Waals surface area contributed by atoms with Gasteiger partial charge in [-0.15, -0.1) is 11.6 Å². The first-order valence-corrected chi connectivity index (χ1v) is 7.01. The molecule has 114 valence electrons. The van der Waals surface area contributed by atoms with Crippen molar-refractivity contribution < 1.29 is 14.8 Å². The van der Waals surface area contributed by atoms with Gasteiger partial charge in [-0.05, 0) is 12.5 Å². The molecular formula is C16H14ClNO4. The van der Waals surface area contributed by atoms with Gasteiger partial charge < -0.3 is 5.11 Å². The Morgan fingerprint density at radius 1 is 1.14 bits per heavy atom. The maximum absolute atomic E-state index is 12.2. The predicted octanol–water partition coefficient (Wildman–Crippen LogP) is 3.43. The summed E-state index contributed by atoms with van der Waals surface area (Å²) in [6.07, 6.45) is -1.43. The lowest BCUT2D eigenvalue weighted by atomic mass is 9.99. The zero-order valence-electron chi connectivity index (χ0n) is 11.8. The number of benzene rings is 2. The second-order valence-corrected chi connectivity index (χ2v) is 5.40. The molecule has 2 aromatic carbocycles. The second-order valence-electron chi connectivity index (χ2n) is 4.93. The number of halogens is 1. The first-order valence-electron chi connectivity index (χ1n) is 6.57. The molecule has 1 N–H and O–H groups in total. The molecule has 0 saturated heterocycles. The lowest BCUT2D eigenvalue weighted by Crippen LogP contribution is -2.25. The summed E-state index contributed by atoms with van der Waals surface area (Å²) in [5, 5.41) is 19.8. The Hall–Kier alpha value is -2.24. The SMILES string of the molecule is Cc1ccc(C(=O)[C@H](O)[C@H](Cl)c2ccc([N+](=O)[O-])cc2)cc1. The summed E-state index contributed by atoms with van der Waals surface area (Å²) in [5.74, 6) is -0.488. The Labute approximate surface area is 132 Å². The molecule has 0 aliphatic rings. The fourth-order valence-electron chi connectivity index (χ4n) is 1.98. The summed E-state index contributed by atoms with van der Waals surface area (Å²) in [6, 6.07) is 12.2. The van der Waals surface area contributed by atoms with Crippen LogP contribution in [0.15, 0.2) is 48.5 Å². The minimum Gasteiger partial charge on any atom is -0.383 e. The van der Waals surface area contributed by atoms with Gasteiger partial charge in [0.1, 0.15) is 6.10 Å². The Morgan fingerprint density at radius 2 is 1.68 bits per heavy atom. The normalized spacial score (nSPS) is 13.4. The summed E-state index contributed by atoms with van der Waals surface area (Å²) in [7, 11) is 0. The summed E-state index contributed by atoms with van der Waals surface area (Å²) in [4.78, 5) is 22.3. The molecular weight excluding hydrogens is 306 g/mol. The van der Waals surface area contributed by atoms with Crippen LogP contribution in [0.5, 0.6) is 0 Å². The number of rotatable bonds is 5. The molecule has 0 amide bonds. The first-order chi connectivity index (χ1) is 10.4. The molecule has 2 rings (SSSR count). The van der Waals surface area contributed by atoms with Gasteiger partial charge in [0.05, 0.1) is 10.3 Å². The number of hydrogen-bond acceptors (Lipinski definition) is 4. The number of carbonyl (C=O) groups excluding carboxylic acids is 1. The molecule has 22 heavy (non-hydrogen) atoms. The van der Waals surface area contributed by atoms with Crippen LogP contribution < -0.4 is 0 Å². The van der Waals surface area contributed by atoms with Gasteiger partial charge in [0.15, 0.2) is 5.78 Å². The third kappa shape index (κ3) is 3.50. The monoisotopic (exact) mass is 319 g/mol. The van der Waals surface area contributed by atoms with Crippen LogP contribution in [-0.2, 0) is 0 Å². The third-order valence-corrected chi connectivity index (χ3v) is 3.79. The van der Waals surface area contributed by atoms with Crippen molar-refractivity contribution in [2.24, 2.45) is 0 Å². The van der Waals surface area contributed by atoms with E-state index in [1.807, 2.05) is 6.92 Å². The van der Waals surface area contributed by atoms with Crippen molar-refractivity contribution in [2.45, 2.75) is 18.4 Å². The smallest absolute Gasteiger partial charge is 0.269 e. The average molecular weight is 320 g/mol. The summed E-state index contributed by atoms with van der Waals surface area (Å²) < 4.78 is 0. The van der Waals surface area contributed by atoms with Gasteiger partial charge in [0.25, 0.3) is 5.69 Å². The Balaban J connectivity index is 2.17. The molecule has 0 saturated carbocycles. The lowest BCUT2D eigenvalue weighted by Gasteiger charge is -2.16. The number of aliphatic hydroxyl groups excluding tert-OH is 1. The van der Waals surface area contributed by atoms with Gasteiger partial charge in [-0.2, -0.15) is 0 Å². The van der Waals surface area contributed by atoms with Crippen LogP contribution in [0.3, 0.4) is 0 Å². The van der Waals surface area contributed by atoms with E-state index in [1.165, 1.54) is 24.3 Å². The van der Waals surface area contributed by atoms with E-state index in [4.69, 9.17) is 11.6 Å². The highest BCUT2D eigenvalue weighted by Gasteiger charge is 2.27. The van der Waals surface area contributed by atoms with Crippen LogP contribution >= 0.6 is 11.6 Å². The molecule has 6 heteroatoms. The molecule has 0 aliphatic carbocycles. The summed E-state index contributed by atoms with van der Waals surface area (Å²) >= 11 is 6.12. The van der Waals surface area contributed by atoms with E-state index in [2.05, 4.69) is 0 Å². The maximum Gasteiger partial charge on any atom is 0.269 e. The van der Waals surface area contributed by atoms with Crippen molar-refractivity contribution in [1.82, 2.24) is 0 Å². The van der Waals surface area contributed by atoms with Crippen LogP contribution in [0, 0.1) is 17.0 Å². The average Bonchev–Trinajstić information content (AvgIpc) is 2.53. The zero-order chi connectivity index (χ0) is 16.3. The van der Waals surface area contributed by atoms with Crippen molar-refractivity contribution in [1.29, 1.82) is 0 Å². The number of hydrogen-bond donors (Lipinski definition) is 1. The van der Waals surface area contributed by atoms with Gasteiger partial charge in [-0.1, -0.05) is 42.0 Å². The van der Waals surface area contributed by atoms with Crippen LogP contribution in [0.25, 0.3) is 0 Å². The molecule has 0 unspecified atom stereocenters. The Morgan fingerprint density at radius 3 is 2.18 bits per heavy atom. The van der Waals surface area contributed by atoms with E-state index < -0.39 is 22.2 Å². The molecule has 5 nitrogen and oxygen atoms in total. The molecule has 0 heterocycles. The minimum atomic E-state index is -1.43. The number of ketones is 1. The standard InChI is InChI=1S/C16H14ClNO4/c1-10-2-4-12(5-3-10)15(19)16(20)14(17)11-6-8-13(9-7-11)18(21)22/h2-9,14,16,20H,1H3/t14-,16-/m1/s1. The number of aryl methyl sites for hydroxylation is 1. The molecule has 0 spiro atoms. The second kappa shape index (κ2) is 6.68. The third-order valence-electron chi connectivity index (χ3n) is 3.30. The van der Waals surface area contributed by atoms with Crippen molar-refractivity contribution in [3.8, 4) is 0 Å². The van der Waals surface area contributed by atoms with E-state index >= 15 is 0 Å². The van der Waals surface area contributed by atoms with Gasteiger partial charge >= 0.3 is 0 Å². The topological polar surface area (TPSA) is 80.4 Å². The number of alkyl halides is 1. The van der Waals surface area contributed by atoms with Gasteiger partial charge in [-0.25, -0.2) is 0 Å². The van der Waals surface area contributed by atoms with E-state index in [0.29, 0.717) is 11.1 Å². The van der Waals surface area contributed by atoms with Crippen LogP contribution in [-0.4, -0.2) is 21.9 Å². The van der Waals surface area contributed by atoms with Gasteiger partial charge in [0.2, 0.25) is 0 Å². The zero-order valence-corrected chi connectivity index (χ0v) is 12.5. The minimum absolute atomic E-state index is 0.0769. The molecule has 0 fully saturated rings. The Bertz CT molecular complexity index is 682. The van der Waals surface area contributed by atoms with Gasteiger partial charge in [0, 0.05) is 17.7 Å². The fourth-order valence-corrected chi connectivity index (χ4v) is 2.24. The number of nitrogens with zero attached hydrogens (tertiary/aromatic N) is 1. The molecule has 2 aromatic rings. The van der Waals surface area contributed by atoms with Gasteiger partial charge in [-0.3, -0.25) is 14.9 Å². The van der Waals surface area contributed by atoms with E-state index in [0.717, 1.165) is 5.56 Å². The molecule has 0 radical (unpaired) electrons. The quantitative estimate of drug-likeness (QED) is 0.396. The number of nitro groups is 1. The van der Waals surface area contributed by atoms with Crippen LogP contribution in [0.2, 0.25) is 0 Å². The molecule has 2 atom stereocenters. The van der Waals surface area contributed by atoms with Crippen LogP contribution in [0.1, 0.15) is 26.9 Å². The highest BCUT2D eigenvalue weighted by molar-refractivity contribution is 6.23. The molecule has 0 bridgehead atoms. The van der Waals surface area contributed by atoms with E-state index in [9.17, 15) is 20.0 Å². The van der Waals surface area contributed by atoms with Crippen molar-refractivity contribution in [3.63, 3.8) is 0 Å². The molecule has 0 aliphatic heterocycles. The first kappa shape index (κ1) is 16.1. The van der Waals surface area contributed by atoms with Crippen molar-refractivity contribution in [3.05, 3.63) is 75.3 Å². The number of nitro benzene ring substituents is 1. The lowest BCUT2D eigenvalue weighted by molar-refractivity contribution is -0.384. The fraction of sp³-hybridized carbons (Fsp3) is 0.188. The highest BCUT2D eigenvalue weighted by atomic mass is 35.5. The number of Topliss-reactive ketones (excluding diaryl/α,β-unsaturated/α-hetero) is 1. The largest absolute Gasteiger partial charge is 0.383 e. The van der Waals surface area contributed by atoms with Crippen molar-refractivity contribution >= 4 is 23.1 Å². The molecule has 0 aromatic heterocycles. The highest BCUT2D eigenvalue weighted by Crippen LogP contribution is 2.28. The number of aliphatic hydroxyl groups is 1. The number of carbonyl (C=O) groups is 1. The predicted molar refractivity (Wildman–Crippen MR) is 83.2 cm³/mol. The van der Waals surface area contributed by atoms with E-state index in [-0.39, 0.29) is 5.69 Å². The summed E-state index contributed by atoms with van der Waals surface area (Å²) in [6.45, 7) is 1.89. The van der Waals surface area contributed by atoms with Crippen molar-refractivity contribution in [2.75, 3.05) is 0 Å².